The molecule has 9 heteroatoms. The molecule has 2 aliphatic rings. The van der Waals surface area contributed by atoms with E-state index in [0.29, 0.717) is 47.9 Å². The van der Waals surface area contributed by atoms with Gasteiger partial charge in [0.2, 0.25) is 6.79 Å². The van der Waals surface area contributed by atoms with Gasteiger partial charge in [0.25, 0.3) is 5.91 Å². The SMILES string of the molecule is Cc1c(C(=O)NCc2ccc3c(c2)OCO3)oc2c1/C(=N/NC(N)=O)CCC2. The molecule has 4 rings (SSSR count). The molecule has 1 aromatic carbocycles. The number of carbonyl (C=O) groups is 2. The molecule has 0 unspecified atom stereocenters. The van der Waals surface area contributed by atoms with Gasteiger partial charge >= 0.3 is 6.03 Å². The van der Waals surface area contributed by atoms with Crippen molar-refractivity contribution in [3.63, 3.8) is 0 Å². The Morgan fingerprint density at radius 3 is 2.86 bits per heavy atom. The van der Waals surface area contributed by atoms with E-state index in [1.54, 1.807) is 0 Å². The van der Waals surface area contributed by atoms with Crippen molar-refractivity contribution >= 4 is 17.6 Å². The molecule has 146 valence electrons. The normalized spacial score (nSPS) is 16.0. The number of urea groups is 1. The second-order valence-electron chi connectivity index (χ2n) is 6.61. The number of nitrogens with two attached hydrogens (primary N) is 1. The van der Waals surface area contributed by atoms with Gasteiger partial charge in [0, 0.05) is 24.1 Å². The van der Waals surface area contributed by atoms with E-state index in [-0.39, 0.29) is 18.5 Å². The Bertz CT molecular complexity index is 979. The molecule has 0 saturated carbocycles. The minimum Gasteiger partial charge on any atom is -0.455 e. The van der Waals surface area contributed by atoms with Crippen molar-refractivity contribution < 1.29 is 23.5 Å². The van der Waals surface area contributed by atoms with Crippen LogP contribution in [0, 0.1) is 6.92 Å². The number of hydrogen-bond acceptors (Lipinski definition) is 6. The molecule has 1 aromatic heterocycles. The van der Waals surface area contributed by atoms with Crippen molar-refractivity contribution in [2.24, 2.45) is 10.8 Å². The van der Waals surface area contributed by atoms with E-state index in [9.17, 15) is 9.59 Å². The molecule has 0 spiro atoms. The maximum absolute atomic E-state index is 12.7. The Balaban J connectivity index is 1.51. The summed E-state index contributed by atoms with van der Waals surface area (Å²) in [6, 6.07) is 4.79. The summed E-state index contributed by atoms with van der Waals surface area (Å²) in [6.45, 7) is 2.34. The highest BCUT2D eigenvalue weighted by Crippen LogP contribution is 2.33. The molecule has 4 N–H and O–H groups in total. The standard InChI is InChI=1S/C19H20N4O5/c1-10-16-12(22-23-19(20)25)3-2-4-14(16)28-17(10)18(24)21-8-11-5-6-13-15(7-11)27-9-26-13/h5-7H,2-4,8-9H2,1H3,(H,21,24)(H3,20,23,25)/b22-12+. The summed E-state index contributed by atoms with van der Waals surface area (Å²) < 4.78 is 16.5. The third-order valence-electron chi connectivity index (χ3n) is 4.72. The first-order chi connectivity index (χ1) is 13.5. The van der Waals surface area contributed by atoms with Crippen LogP contribution in [0.3, 0.4) is 0 Å². The average Bonchev–Trinajstić information content (AvgIpc) is 3.28. The molecule has 2 heterocycles. The molecular weight excluding hydrogens is 364 g/mol. The lowest BCUT2D eigenvalue weighted by molar-refractivity contribution is 0.0920. The van der Waals surface area contributed by atoms with Gasteiger partial charge in [-0.3, -0.25) is 4.79 Å². The zero-order valence-corrected chi connectivity index (χ0v) is 15.3. The second-order valence-corrected chi connectivity index (χ2v) is 6.61. The van der Waals surface area contributed by atoms with Crippen LogP contribution in [0.15, 0.2) is 27.7 Å². The maximum Gasteiger partial charge on any atom is 0.332 e. The van der Waals surface area contributed by atoms with Crippen molar-refractivity contribution in [3.8, 4) is 11.5 Å². The Kier molecular flexibility index (Phi) is 4.64. The summed E-state index contributed by atoms with van der Waals surface area (Å²) in [7, 11) is 0. The van der Waals surface area contributed by atoms with Gasteiger partial charge in [0.15, 0.2) is 17.3 Å². The first-order valence-electron chi connectivity index (χ1n) is 8.94. The van der Waals surface area contributed by atoms with Crippen LogP contribution in [0.4, 0.5) is 4.79 Å². The topological polar surface area (TPSA) is 128 Å². The Labute approximate surface area is 160 Å². The summed E-state index contributed by atoms with van der Waals surface area (Å²) in [6.07, 6.45) is 2.20. The summed E-state index contributed by atoms with van der Waals surface area (Å²) in [5.41, 5.74) is 10.4. The molecule has 1 aliphatic heterocycles. The number of carbonyl (C=O) groups excluding carboxylic acids is 2. The lowest BCUT2D eigenvalue weighted by Crippen LogP contribution is -2.27. The van der Waals surface area contributed by atoms with Crippen LogP contribution in [0.25, 0.3) is 0 Å². The van der Waals surface area contributed by atoms with E-state index in [4.69, 9.17) is 19.6 Å². The molecule has 0 fully saturated rings. The lowest BCUT2D eigenvalue weighted by Gasteiger charge is -2.13. The quantitative estimate of drug-likeness (QED) is 0.694. The van der Waals surface area contributed by atoms with Gasteiger partial charge in [-0.2, -0.15) is 5.10 Å². The van der Waals surface area contributed by atoms with E-state index in [0.717, 1.165) is 17.5 Å². The predicted molar refractivity (Wildman–Crippen MR) is 99.4 cm³/mol. The molecule has 2 aromatic rings. The molecular formula is C19H20N4O5. The van der Waals surface area contributed by atoms with Crippen LogP contribution in [0.5, 0.6) is 11.5 Å². The fourth-order valence-electron chi connectivity index (χ4n) is 3.43. The smallest absolute Gasteiger partial charge is 0.332 e. The number of hydrogen-bond donors (Lipinski definition) is 3. The highest BCUT2D eigenvalue weighted by Gasteiger charge is 2.28. The van der Waals surface area contributed by atoms with Gasteiger partial charge in [-0.15, -0.1) is 0 Å². The number of amides is 3. The van der Waals surface area contributed by atoms with Gasteiger partial charge in [0.05, 0.1) is 5.71 Å². The van der Waals surface area contributed by atoms with Crippen LogP contribution < -0.4 is 25.9 Å². The fraction of sp³-hybridized carbons (Fsp3) is 0.316. The van der Waals surface area contributed by atoms with Gasteiger partial charge in [-0.1, -0.05) is 6.07 Å². The van der Waals surface area contributed by atoms with Gasteiger partial charge in [0.1, 0.15) is 5.76 Å². The molecule has 1 aliphatic carbocycles. The van der Waals surface area contributed by atoms with Crippen LogP contribution in [0.1, 0.15) is 45.8 Å². The van der Waals surface area contributed by atoms with Crippen molar-refractivity contribution in [3.05, 3.63) is 46.4 Å². The minimum atomic E-state index is -0.734. The molecule has 28 heavy (non-hydrogen) atoms. The third-order valence-corrected chi connectivity index (χ3v) is 4.72. The predicted octanol–water partition coefficient (Wildman–Crippen LogP) is 1.96. The van der Waals surface area contributed by atoms with Crippen LogP contribution >= 0.6 is 0 Å². The van der Waals surface area contributed by atoms with E-state index in [1.165, 1.54) is 0 Å². The number of fused-ring (bicyclic) bond motifs is 2. The fourth-order valence-corrected chi connectivity index (χ4v) is 3.43. The Morgan fingerprint density at radius 2 is 2.04 bits per heavy atom. The van der Waals surface area contributed by atoms with Crippen molar-refractivity contribution in [1.82, 2.24) is 10.7 Å². The number of rotatable bonds is 4. The summed E-state index contributed by atoms with van der Waals surface area (Å²) in [5, 5.41) is 6.92. The number of nitrogens with one attached hydrogen (secondary N) is 2. The van der Waals surface area contributed by atoms with Crippen LogP contribution in [-0.4, -0.2) is 24.4 Å². The van der Waals surface area contributed by atoms with Gasteiger partial charge < -0.3 is 24.9 Å². The molecule has 0 atom stereocenters. The number of hydrazone groups is 1. The molecule has 0 radical (unpaired) electrons. The van der Waals surface area contributed by atoms with Crippen LogP contribution in [-0.2, 0) is 13.0 Å². The third kappa shape index (κ3) is 3.38. The summed E-state index contributed by atoms with van der Waals surface area (Å²) >= 11 is 0. The Hall–Kier alpha value is -3.49. The van der Waals surface area contributed by atoms with Crippen molar-refractivity contribution in [2.75, 3.05) is 6.79 Å². The number of ether oxygens (including phenoxy) is 2. The largest absolute Gasteiger partial charge is 0.455 e. The highest BCUT2D eigenvalue weighted by atomic mass is 16.7. The molecule has 9 nitrogen and oxygen atoms in total. The monoisotopic (exact) mass is 384 g/mol. The molecule has 0 saturated heterocycles. The zero-order valence-electron chi connectivity index (χ0n) is 15.3. The van der Waals surface area contributed by atoms with E-state index in [2.05, 4.69) is 15.8 Å². The van der Waals surface area contributed by atoms with E-state index < -0.39 is 6.03 Å². The van der Waals surface area contributed by atoms with Crippen LogP contribution in [0.2, 0.25) is 0 Å². The summed E-state index contributed by atoms with van der Waals surface area (Å²) in [5.74, 6) is 1.99. The first-order valence-corrected chi connectivity index (χ1v) is 8.94. The van der Waals surface area contributed by atoms with Gasteiger partial charge in [-0.05, 0) is 37.5 Å². The number of benzene rings is 1. The molecule has 0 bridgehead atoms. The first kappa shape index (κ1) is 17.9. The zero-order chi connectivity index (χ0) is 19.7. The lowest BCUT2D eigenvalue weighted by atomic mass is 9.93. The van der Waals surface area contributed by atoms with E-state index in [1.807, 2.05) is 25.1 Å². The maximum atomic E-state index is 12.7. The van der Waals surface area contributed by atoms with Crippen molar-refractivity contribution in [1.29, 1.82) is 0 Å². The average molecular weight is 384 g/mol. The molecule has 3 amide bonds. The minimum absolute atomic E-state index is 0.205. The summed E-state index contributed by atoms with van der Waals surface area (Å²) in [4.78, 5) is 23.6. The number of primary amides is 1. The second kappa shape index (κ2) is 7.26. The number of nitrogens with zero attached hydrogens (tertiary/aromatic N) is 1. The van der Waals surface area contributed by atoms with Crippen molar-refractivity contribution in [2.45, 2.75) is 32.7 Å². The number of furan rings is 1. The van der Waals surface area contributed by atoms with E-state index >= 15 is 0 Å². The Morgan fingerprint density at radius 1 is 1.21 bits per heavy atom. The number of aryl methyl sites for hydroxylation is 1. The highest BCUT2D eigenvalue weighted by molar-refractivity contribution is 6.06. The van der Waals surface area contributed by atoms with Gasteiger partial charge in [-0.25, -0.2) is 10.2 Å².